The predicted molar refractivity (Wildman–Crippen MR) is 155 cm³/mol. The van der Waals surface area contributed by atoms with E-state index >= 15 is 0 Å². The summed E-state index contributed by atoms with van der Waals surface area (Å²) in [5.74, 6) is -0.00199. The number of rotatable bonds is 10. The maximum Gasteiger partial charge on any atom is 0.264 e. The highest BCUT2D eigenvalue weighted by molar-refractivity contribution is 7.92. The van der Waals surface area contributed by atoms with Gasteiger partial charge in [-0.2, -0.15) is 5.10 Å². The number of hydrogen-bond donors (Lipinski definition) is 1. The largest absolute Gasteiger partial charge is 0.489 e. The highest BCUT2D eigenvalue weighted by atomic mass is 35.5. The van der Waals surface area contributed by atoms with E-state index in [4.69, 9.17) is 39.5 Å². The third kappa shape index (κ3) is 7.97. The SMILES string of the molecule is O=C(CN(c1cc(Cl)cc(Cl)c1)S(=O)(=O)c1ccccc1)N/N=C\c1ccc(OCc2ccc(Cl)cc2)cc1. The van der Waals surface area contributed by atoms with Gasteiger partial charge in [-0.25, -0.2) is 13.8 Å². The zero-order valence-electron chi connectivity index (χ0n) is 20.3. The highest BCUT2D eigenvalue weighted by Gasteiger charge is 2.27. The Morgan fingerprint density at radius 1 is 0.846 bits per heavy atom. The van der Waals surface area contributed by atoms with Gasteiger partial charge in [0.1, 0.15) is 18.9 Å². The summed E-state index contributed by atoms with van der Waals surface area (Å²) in [5, 5.41) is 5.07. The number of hydrogen-bond acceptors (Lipinski definition) is 5. The number of anilines is 1. The first-order chi connectivity index (χ1) is 18.7. The Morgan fingerprint density at radius 2 is 1.49 bits per heavy atom. The van der Waals surface area contributed by atoms with Gasteiger partial charge in [0, 0.05) is 15.1 Å². The fourth-order valence-corrected chi connectivity index (χ4v) is 5.53. The van der Waals surface area contributed by atoms with Gasteiger partial charge >= 0.3 is 0 Å². The van der Waals surface area contributed by atoms with Crippen LogP contribution in [0.1, 0.15) is 11.1 Å². The quantitative estimate of drug-likeness (QED) is 0.164. The van der Waals surface area contributed by atoms with Crippen LogP contribution < -0.4 is 14.5 Å². The van der Waals surface area contributed by atoms with E-state index in [1.54, 1.807) is 54.6 Å². The molecule has 0 saturated carbocycles. The number of benzene rings is 4. The first-order valence-electron chi connectivity index (χ1n) is 11.5. The molecule has 0 saturated heterocycles. The number of amides is 1. The molecular weight excluding hydrogens is 581 g/mol. The number of nitrogens with zero attached hydrogens (tertiary/aromatic N) is 2. The van der Waals surface area contributed by atoms with E-state index in [1.165, 1.54) is 36.5 Å². The Balaban J connectivity index is 1.41. The van der Waals surface area contributed by atoms with Crippen LogP contribution in [-0.4, -0.2) is 27.1 Å². The van der Waals surface area contributed by atoms with Crippen LogP contribution in [0.5, 0.6) is 5.75 Å². The van der Waals surface area contributed by atoms with Crippen LogP contribution in [0.2, 0.25) is 15.1 Å². The van der Waals surface area contributed by atoms with Crippen molar-refractivity contribution in [2.75, 3.05) is 10.8 Å². The summed E-state index contributed by atoms with van der Waals surface area (Å²) in [6.45, 7) is -0.163. The number of sulfonamides is 1. The average molecular weight is 603 g/mol. The van der Waals surface area contributed by atoms with Gasteiger partial charge < -0.3 is 4.74 Å². The second-order valence-corrected chi connectivity index (χ2v) is 11.4. The molecule has 0 aliphatic rings. The number of halogens is 3. The van der Waals surface area contributed by atoms with Gasteiger partial charge in [-0.15, -0.1) is 0 Å². The molecule has 4 rings (SSSR count). The summed E-state index contributed by atoms with van der Waals surface area (Å²) in [7, 11) is -4.11. The van der Waals surface area contributed by atoms with Gasteiger partial charge in [-0.1, -0.05) is 65.1 Å². The lowest BCUT2D eigenvalue weighted by Crippen LogP contribution is -2.39. The normalized spacial score (nSPS) is 11.4. The van der Waals surface area contributed by atoms with Crippen molar-refractivity contribution in [2.24, 2.45) is 5.10 Å². The van der Waals surface area contributed by atoms with Crippen molar-refractivity contribution in [3.05, 3.63) is 123 Å². The van der Waals surface area contributed by atoms with Crippen molar-refractivity contribution >= 4 is 62.6 Å². The van der Waals surface area contributed by atoms with Crippen molar-refractivity contribution in [3.63, 3.8) is 0 Å². The maximum atomic E-state index is 13.4. The lowest BCUT2D eigenvalue weighted by molar-refractivity contribution is -0.119. The molecule has 39 heavy (non-hydrogen) atoms. The topological polar surface area (TPSA) is 88.1 Å². The third-order valence-corrected chi connectivity index (χ3v) is 7.83. The molecule has 0 spiro atoms. The zero-order valence-corrected chi connectivity index (χ0v) is 23.4. The lowest BCUT2D eigenvalue weighted by atomic mass is 10.2. The summed E-state index contributed by atoms with van der Waals surface area (Å²) in [6.07, 6.45) is 1.44. The predicted octanol–water partition coefficient (Wildman–Crippen LogP) is 6.57. The molecule has 0 aliphatic heterocycles. The summed E-state index contributed by atoms with van der Waals surface area (Å²) in [5.41, 5.74) is 4.19. The van der Waals surface area contributed by atoms with E-state index in [2.05, 4.69) is 10.5 Å². The number of ether oxygens (including phenoxy) is 1. The minimum Gasteiger partial charge on any atom is -0.489 e. The summed E-state index contributed by atoms with van der Waals surface area (Å²) >= 11 is 18.1. The van der Waals surface area contributed by atoms with Crippen LogP contribution in [0.3, 0.4) is 0 Å². The molecule has 4 aromatic rings. The van der Waals surface area contributed by atoms with Crippen LogP contribution in [0.4, 0.5) is 5.69 Å². The van der Waals surface area contributed by atoms with Crippen molar-refractivity contribution < 1.29 is 17.9 Å². The number of nitrogens with one attached hydrogen (secondary N) is 1. The van der Waals surface area contributed by atoms with Gasteiger partial charge in [-0.3, -0.25) is 9.10 Å². The Labute approximate surface area is 241 Å². The molecular formula is C28H22Cl3N3O4S. The molecule has 0 fully saturated rings. The number of carbonyl (C=O) groups excluding carboxylic acids is 1. The van der Waals surface area contributed by atoms with Crippen LogP contribution in [0.15, 0.2) is 107 Å². The average Bonchev–Trinajstić information content (AvgIpc) is 2.92. The molecule has 0 bridgehead atoms. The van der Waals surface area contributed by atoms with E-state index in [-0.39, 0.29) is 20.6 Å². The van der Waals surface area contributed by atoms with Gasteiger partial charge in [0.15, 0.2) is 0 Å². The van der Waals surface area contributed by atoms with Crippen molar-refractivity contribution in [3.8, 4) is 5.75 Å². The molecule has 1 N–H and O–H groups in total. The standard InChI is InChI=1S/C28H22Cl3N3O4S/c29-22-10-6-21(7-11-22)19-38-26-12-8-20(9-13-26)17-32-33-28(35)18-34(25-15-23(30)14-24(31)16-25)39(36,37)27-4-2-1-3-5-27/h1-17H,18-19H2,(H,33,35)/b32-17-. The minimum atomic E-state index is -4.11. The summed E-state index contributed by atoms with van der Waals surface area (Å²) in [6, 6.07) is 26.5. The molecule has 200 valence electrons. The Morgan fingerprint density at radius 3 is 2.13 bits per heavy atom. The molecule has 7 nitrogen and oxygen atoms in total. The Hall–Kier alpha value is -3.56. The van der Waals surface area contributed by atoms with Gasteiger partial charge in [-0.05, 0) is 77.9 Å². The van der Waals surface area contributed by atoms with E-state index < -0.39 is 22.5 Å². The zero-order chi connectivity index (χ0) is 27.8. The van der Waals surface area contributed by atoms with Crippen LogP contribution in [0, 0.1) is 0 Å². The van der Waals surface area contributed by atoms with Gasteiger partial charge in [0.25, 0.3) is 15.9 Å². The van der Waals surface area contributed by atoms with E-state index in [0.29, 0.717) is 22.9 Å². The molecule has 0 unspecified atom stereocenters. The lowest BCUT2D eigenvalue weighted by Gasteiger charge is -2.24. The monoisotopic (exact) mass is 601 g/mol. The van der Waals surface area contributed by atoms with Gasteiger partial charge in [0.05, 0.1) is 16.8 Å². The first kappa shape index (κ1) is 28.4. The summed E-state index contributed by atoms with van der Waals surface area (Å²) in [4.78, 5) is 12.7. The molecule has 11 heteroatoms. The van der Waals surface area contributed by atoms with Crippen molar-refractivity contribution in [2.45, 2.75) is 11.5 Å². The third-order valence-electron chi connectivity index (χ3n) is 5.36. The second-order valence-electron chi connectivity index (χ2n) is 8.23. The first-order valence-corrected chi connectivity index (χ1v) is 14.1. The molecule has 4 aromatic carbocycles. The van der Waals surface area contributed by atoms with Crippen molar-refractivity contribution in [1.29, 1.82) is 0 Å². The van der Waals surface area contributed by atoms with Crippen molar-refractivity contribution in [1.82, 2.24) is 5.43 Å². The van der Waals surface area contributed by atoms with Crippen LogP contribution in [-0.2, 0) is 21.4 Å². The number of carbonyl (C=O) groups is 1. The van der Waals surface area contributed by atoms with E-state index in [9.17, 15) is 13.2 Å². The Bertz CT molecular complexity index is 1540. The van der Waals surface area contributed by atoms with E-state index in [0.717, 1.165) is 9.87 Å². The van der Waals surface area contributed by atoms with E-state index in [1.807, 2.05) is 12.1 Å². The molecule has 0 heterocycles. The highest BCUT2D eigenvalue weighted by Crippen LogP contribution is 2.29. The Kier molecular flexibility index (Phi) is 9.48. The van der Waals surface area contributed by atoms with Crippen LogP contribution >= 0.6 is 34.8 Å². The summed E-state index contributed by atoms with van der Waals surface area (Å²) < 4.78 is 33.5. The van der Waals surface area contributed by atoms with Gasteiger partial charge in [0.2, 0.25) is 0 Å². The molecule has 0 aromatic heterocycles. The smallest absolute Gasteiger partial charge is 0.264 e. The fraction of sp³-hybridized carbons (Fsp3) is 0.0714. The number of hydrazone groups is 1. The van der Waals surface area contributed by atoms with Crippen LogP contribution in [0.25, 0.3) is 0 Å². The molecule has 0 radical (unpaired) electrons. The minimum absolute atomic E-state index is 0.00997. The molecule has 1 amide bonds. The molecule has 0 atom stereocenters. The molecule has 0 aliphatic carbocycles. The maximum absolute atomic E-state index is 13.4. The second kappa shape index (κ2) is 13.0. The fourth-order valence-electron chi connectivity index (χ4n) is 3.46.